The normalized spacial score (nSPS) is 19.9. The molecule has 0 aromatic rings. The van der Waals surface area contributed by atoms with Crippen LogP contribution < -0.4 is 0 Å². The van der Waals surface area contributed by atoms with E-state index in [9.17, 15) is 9.59 Å². The average Bonchev–Trinajstić information content (AvgIpc) is 2.39. The number of likely N-dealkylation sites (tertiary alicyclic amines) is 1. The number of nitrogens with zero attached hydrogens (tertiary/aromatic N) is 2. The summed E-state index contributed by atoms with van der Waals surface area (Å²) in [5.41, 5.74) is 0. The zero-order valence-corrected chi connectivity index (χ0v) is 14.1. The third kappa shape index (κ3) is 5.30. The fourth-order valence-electron chi connectivity index (χ4n) is 3.20. The molecule has 1 fully saturated rings. The smallest absolute Gasteiger partial charge is 0.307 e. The number of esters is 1. The van der Waals surface area contributed by atoms with Gasteiger partial charge in [-0.05, 0) is 47.1 Å². The van der Waals surface area contributed by atoms with Crippen LogP contribution in [-0.4, -0.2) is 60.0 Å². The van der Waals surface area contributed by atoms with E-state index in [1.165, 1.54) is 7.11 Å². The highest BCUT2D eigenvalue weighted by molar-refractivity contribution is 5.79. The molecule has 122 valence electrons. The van der Waals surface area contributed by atoms with E-state index in [1.807, 2.05) is 32.6 Å². The summed E-state index contributed by atoms with van der Waals surface area (Å²) in [5, 5.41) is 0. The maximum absolute atomic E-state index is 12.6. The van der Waals surface area contributed by atoms with Crippen LogP contribution >= 0.6 is 0 Å². The average molecular weight is 298 g/mol. The molecular weight excluding hydrogens is 268 g/mol. The fourth-order valence-corrected chi connectivity index (χ4v) is 3.20. The van der Waals surface area contributed by atoms with Crippen LogP contribution in [0.4, 0.5) is 0 Å². The second kappa shape index (κ2) is 8.37. The Morgan fingerprint density at radius 3 is 2.33 bits per heavy atom. The summed E-state index contributed by atoms with van der Waals surface area (Å²) in [7, 11) is 1.42. The lowest BCUT2D eigenvalue weighted by molar-refractivity contribution is -0.144. The van der Waals surface area contributed by atoms with Gasteiger partial charge in [-0.3, -0.25) is 14.5 Å². The van der Waals surface area contributed by atoms with Crippen molar-refractivity contribution < 1.29 is 14.3 Å². The Hall–Kier alpha value is -1.10. The van der Waals surface area contributed by atoms with E-state index in [4.69, 9.17) is 4.74 Å². The molecule has 1 aliphatic heterocycles. The highest BCUT2D eigenvalue weighted by Crippen LogP contribution is 2.20. The van der Waals surface area contributed by atoms with E-state index in [1.54, 1.807) is 0 Å². The predicted octanol–water partition coefficient (Wildman–Crippen LogP) is 2.05. The van der Waals surface area contributed by atoms with Gasteiger partial charge in [-0.25, -0.2) is 0 Å². The first-order valence-electron chi connectivity index (χ1n) is 7.98. The largest absolute Gasteiger partial charge is 0.469 e. The number of carbonyl (C=O) groups is 2. The third-order valence-electron chi connectivity index (χ3n) is 4.12. The van der Waals surface area contributed by atoms with Gasteiger partial charge in [0.15, 0.2) is 0 Å². The number of hydrogen-bond donors (Lipinski definition) is 0. The van der Waals surface area contributed by atoms with Crippen LogP contribution in [-0.2, 0) is 14.3 Å². The SMILES string of the molecule is COC(=O)CC1CCCCN1CC(=O)N(C(C)C)C(C)C. The van der Waals surface area contributed by atoms with Crippen LogP contribution in [0.25, 0.3) is 0 Å². The predicted molar refractivity (Wildman–Crippen MR) is 83.0 cm³/mol. The number of rotatable bonds is 6. The number of ether oxygens (including phenoxy) is 1. The van der Waals surface area contributed by atoms with Gasteiger partial charge >= 0.3 is 5.97 Å². The van der Waals surface area contributed by atoms with Gasteiger partial charge in [-0.2, -0.15) is 0 Å². The van der Waals surface area contributed by atoms with Crippen LogP contribution in [0, 0.1) is 0 Å². The van der Waals surface area contributed by atoms with E-state index in [0.717, 1.165) is 25.8 Å². The van der Waals surface area contributed by atoms with Crippen LogP contribution in [0.3, 0.4) is 0 Å². The van der Waals surface area contributed by atoms with Crippen molar-refractivity contribution in [2.45, 2.75) is 71.5 Å². The minimum Gasteiger partial charge on any atom is -0.469 e. The van der Waals surface area contributed by atoms with Gasteiger partial charge in [-0.1, -0.05) is 6.42 Å². The molecule has 0 saturated carbocycles. The van der Waals surface area contributed by atoms with Crippen LogP contribution in [0.2, 0.25) is 0 Å². The van der Waals surface area contributed by atoms with E-state index in [-0.39, 0.29) is 30.0 Å². The van der Waals surface area contributed by atoms with Crippen LogP contribution in [0.1, 0.15) is 53.4 Å². The summed E-state index contributed by atoms with van der Waals surface area (Å²) in [4.78, 5) is 28.2. The summed E-state index contributed by atoms with van der Waals surface area (Å²) < 4.78 is 4.77. The Kier molecular flexibility index (Phi) is 7.15. The summed E-state index contributed by atoms with van der Waals surface area (Å²) >= 11 is 0. The van der Waals surface area contributed by atoms with E-state index in [0.29, 0.717) is 13.0 Å². The maximum Gasteiger partial charge on any atom is 0.307 e. The number of hydrogen-bond acceptors (Lipinski definition) is 4. The molecule has 1 aliphatic rings. The zero-order valence-electron chi connectivity index (χ0n) is 14.1. The molecule has 0 radical (unpaired) electrons. The van der Waals surface area contributed by atoms with E-state index in [2.05, 4.69) is 4.90 Å². The fraction of sp³-hybridized carbons (Fsp3) is 0.875. The minimum absolute atomic E-state index is 0.135. The molecule has 5 nitrogen and oxygen atoms in total. The lowest BCUT2D eigenvalue weighted by atomic mass is 9.99. The van der Waals surface area contributed by atoms with Gasteiger partial charge < -0.3 is 9.64 Å². The molecule has 1 saturated heterocycles. The maximum atomic E-state index is 12.6. The molecule has 5 heteroatoms. The molecule has 0 bridgehead atoms. The quantitative estimate of drug-likeness (QED) is 0.704. The molecule has 0 spiro atoms. The van der Waals surface area contributed by atoms with Gasteiger partial charge in [0.2, 0.25) is 5.91 Å². The summed E-state index contributed by atoms with van der Waals surface area (Å²) in [6, 6.07) is 0.527. The minimum atomic E-state index is -0.191. The lowest BCUT2D eigenvalue weighted by Crippen LogP contribution is -2.50. The topological polar surface area (TPSA) is 49.9 Å². The Balaban J connectivity index is 2.68. The number of methoxy groups -OCH3 is 1. The molecule has 0 aliphatic carbocycles. The molecular formula is C16H30N2O3. The molecule has 1 amide bonds. The summed E-state index contributed by atoms with van der Waals surface area (Å²) in [5.74, 6) is -0.0410. The number of amides is 1. The van der Waals surface area contributed by atoms with Gasteiger partial charge in [0, 0.05) is 18.1 Å². The number of piperidine rings is 1. The van der Waals surface area contributed by atoms with Crippen molar-refractivity contribution >= 4 is 11.9 Å². The highest BCUT2D eigenvalue weighted by atomic mass is 16.5. The molecule has 1 atom stereocenters. The van der Waals surface area contributed by atoms with Crippen molar-refractivity contribution in [3.05, 3.63) is 0 Å². The van der Waals surface area contributed by atoms with Gasteiger partial charge in [0.1, 0.15) is 0 Å². The first-order valence-corrected chi connectivity index (χ1v) is 7.98. The molecule has 21 heavy (non-hydrogen) atoms. The van der Waals surface area contributed by atoms with E-state index >= 15 is 0 Å². The van der Waals surface area contributed by atoms with Crippen molar-refractivity contribution in [3.8, 4) is 0 Å². The second-order valence-electron chi connectivity index (χ2n) is 6.39. The van der Waals surface area contributed by atoms with Gasteiger partial charge in [-0.15, -0.1) is 0 Å². The summed E-state index contributed by atoms with van der Waals surface area (Å²) in [6.07, 6.45) is 3.55. The molecule has 0 aromatic carbocycles. The molecule has 1 rings (SSSR count). The Bertz CT molecular complexity index is 347. The van der Waals surface area contributed by atoms with Crippen molar-refractivity contribution in [1.29, 1.82) is 0 Å². The first-order chi connectivity index (χ1) is 9.86. The summed E-state index contributed by atoms with van der Waals surface area (Å²) in [6.45, 7) is 9.45. The van der Waals surface area contributed by atoms with Crippen LogP contribution in [0.5, 0.6) is 0 Å². The standard InChI is InChI=1S/C16H30N2O3/c1-12(2)18(13(3)4)15(19)11-17-9-7-6-8-14(17)10-16(20)21-5/h12-14H,6-11H2,1-5H3. The van der Waals surface area contributed by atoms with Crippen molar-refractivity contribution in [2.24, 2.45) is 0 Å². The molecule has 0 aromatic heterocycles. The molecule has 0 N–H and O–H groups in total. The van der Waals surface area contributed by atoms with Gasteiger partial charge in [0.05, 0.1) is 20.1 Å². The Morgan fingerprint density at radius 1 is 1.19 bits per heavy atom. The van der Waals surface area contributed by atoms with Gasteiger partial charge in [0.25, 0.3) is 0 Å². The first kappa shape index (κ1) is 18.0. The monoisotopic (exact) mass is 298 g/mol. The molecule has 1 heterocycles. The second-order valence-corrected chi connectivity index (χ2v) is 6.39. The Morgan fingerprint density at radius 2 is 1.81 bits per heavy atom. The third-order valence-corrected chi connectivity index (χ3v) is 4.12. The van der Waals surface area contributed by atoms with Crippen molar-refractivity contribution in [3.63, 3.8) is 0 Å². The van der Waals surface area contributed by atoms with Crippen molar-refractivity contribution in [2.75, 3.05) is 20.2 Å². The molecule has 1 unspecified atom stereocenters. The zero-order chi connectivity index (χ0) is 16.0. The van der Waals surface area contributed by atoms with E-state index < -0.39 is 0 Å². The van der Waals surface area contributed by atoms with Crippen molar-refractivity contribution in [1.82, 2.24) is 9.80 Å². The highest BCUT2D eigenvalue weighted by Gasteiger charge is 2.29. The Labute approximate surface area is 128 Å². The van der Waals surface area contributed by atoms with Crippen LogP contribution in [0.15, 0.2) is 0 Å². The number of carbonyl (C=O) groups excluding carboxylic acids is 2. The lowest BCUT2D eigenvalue weighted by Gasteiger charge is -2.38.